The molecule has 0 aliphatic carbocycles. The number of anilines is 1. The van der Waals surface area contributed by atoms with Crippen LogP contribution in [0.4, 0.5) is 11.5 Å². The molecule has 0 aromatic carbocycles. The van der Waals surface area contributed by atoms with E-state index >= 15 is 0 Å². The molecule has 1 aliphatic rings. The van der Waals surface area contributed by atoms with Crippen molar-refractivity contribution in [1.29, 1.82) is 0 Å². The minimum atomic E-state index is -0.492. The van der Waals surface area contributed by atoms with Crippen LogP contribution in [0.1, 0.15) is 37.3 Å². The number of hydrogen-bond acceptors (Lipinski definition) is 5. The quantitative estimate of drug-likeness (QED) is 0.609. The Morgan fingerprint density at radius 2 is 2.26 bits per heavy atom. The second-order valence-corrected chi connectivity index (χ2v) is 6.45. The zero-order valence-corrected chi connectivity index (χ0v) is 13.8. The fourth-order valence-electron chi connectivity index (χ4n) is 3.03. The molecule has 1 aliphatic heterocycles. The summed E-state index contributed by atoms with van der Waals surface area (Å²) in [4.78, 5) is 16.7. The molecular weight excluding hydrogens is 318 g/mol. The number of hydrogen-bond donors (Lipinski definition) is 0. The smallest absolute Gasteiger partial charge is 0.289 e. The molecular formula is C16H18ClN3O3. The summed E-state index contributed by atoms with van der Waals surface area (Å²) < 4.78 is 5.80. The Hall–Kier alpha value is -2.08. The van der Waals surface area contributed by atoms with E-state index in [0.29, 0.717) is 16.8 Å². The third-order valence-electron chi connectivity index (χ3n) is 4.24. The van der Waals surface area contributed by atoms with Crippen molar-refractivity contribution in [3.8, 4) is 0 Å². The van der Waals surface area contributed by atoms with Crippen LogP contribution in [0, 0.1) is 23.0 Å². The van der Waals surface area contributed by atoms with E-state index in [9.17, 15) is 10.1 Å². The fraction of sp³-hybridized carbons (Fsp3) is 0.438. The number of piperidine rings is 1. The van der Waals surface area contributed by atoms with Gasteiger partial charge in [-0.3, -0.25) is 10.1 Å². The molecule has 0 spiro atoms. The van der Waals surface area contributed by atoms with Gasteiger partial charge in [-0.2, -0.15) is 0 Å². The van der Waals surface area contributed by atoms with Crippen LogP contribution in [0.2, 0.25) is 5.02 Å². The summed E-state index contributed by atoms with van der Waals surface area (Å²) in [5.74, 6) is 2.88. The van der Waals surface area contributed by atoms with E-state index in [-0.39, 0.29) is 11.7 Å². The predicted molar refractivity (Wildman–Crippen MR) is 87.8 cm³/mol. The van der Waals surface area contributed by atoms with Crippen molar-refractivity contribution in [3.63, 3.8) is 0 Å². The molecule has 23 heavy (non-hydrogen) atoms. The summed E-state index contributed by atoms with van der Waals surface area (Å²) in [6.45, 7) is 4.92. The molecule has 0 bridgehead atoms. The zero-order chi connectivity index (χ0) is 16.6. The molecule has 3 heterocycles. The summed E-state index contributed by atoms with van der Waals surface area (Å²) >= 11 is 6.26. The first-order chi connectivity index (χ1) is 11.0. The maximum Gasteiger partial charge on any atom is 0.289 e. The molecule has 0 radical (unpaired) electrons. The lowest BCUT2D eigenvalue weighted by molar-refractivity contribution is -0.385. The Labute approximate surface area is 139 Å². The third-order valence-corrected chi connectivity index (χ3v) is 4.52. The summed E-state index contributed by atoms with van der Waals surface area (Å²) in [6, 6.07) is 5.31. The van der Waals surface area contributed by atoms with Crippen LogP contribution >= 0.6 is 11.6 Å². The monoisotopic (exact) mass is 335 g/mol. The van der Waals surface area contributed by atoms with Gasteiger partial charge in [0.25, 0.3) is 5.69 Å². The van der Waals surface area contributed by atoms with Gasteiger partial charge in [-0.25, -0.2) is 4.98 Å². The normalized spacial score (nSPS) is 21.4. The van der Waals surface area contributed by atoms with Gasteiger partial charge in [-0.05, 0) is 37.8 Å². The number of aryl methyl sites for hydroxylation is 1. The van der Waals surface area contributed by atoms with Crippen molar-refractivity contribution >= 4 is 23.1 Å². The maximum atomic E-state index is 10.9. The van der Waals surface area contributed by atoms with Crippen LogP contribution < -0.4 is 4.90 Å². The van der Waals surface area contributed by atoms with Crippen LogP contribution in [0.3, 0.4) is 0 Å². The molecule has 2 atom stereocenters. The predicted octanol–water partition coefficient (Wildman–Crippen LogP) is 4.52. The van der Waals surface area contributed by atoms with Gasteiger partial charge < -0.3 is 9.32 Å². The summed E-state index contributed by atoms with van der Waals surface area (Å²) in [6.07, 6.45) is 3.21. The molecule has 2 aromatic heterocycles. The Morgan fingerprint density at radius 1 is 1.48 bits per heavy atom. The van der Waals surface area contributed by atoms with Gasteiger partial charge in [0.05, 0.1) is 16.0 Å². The van der Waals surface area contributed by atoms with Gasteiger partial charge in [-0.15, -0.1) is 0 Å². The van der Waals surface area contributed by atoms with E-state index in [1.807, 2.05) is 19.1 Å². The van der Waals surface area contributed by atoms with Crippen LogP contribution in [0.25, 0.3) is 0 Å². The average molecular weight is 336 g/mol. The first-order valence-corrected chi connectivity index (χ1v) is 7.96. The van der Waals surface area contributed by atoms with Gasteiger partial charge >= 0.3 is 0 Å². The van der Waals surface area contributed by atoms with Crippen molar-refractivity contribution in [2.45, 2.75) is 32.7 Å². The minimum absolute atomic E-state index is 0.0407. The Morgan fingerprint density at radius 3 is 2.87 bits per heavy atom. The highest BCUT2D eigenvalue weighted by atomic mass is 35.5. The standard InChI is InChI=1S/C16H18ClN3O3/c1-10-5-6-19(14(7-10)15-4-3-11(2)23-15)16-13(17)8-12(9-18-16)20(21)22/h3-4,8-10,14H,5-7H2,1-2H3. The topological polar surface area (TPSA) is 72.4 Å². The molecule has 3 rings (SSSR count). The van der Waals surface area contributed by atoms with E-state index in [4.69, 9.17) is 16.0 Å². The number of aromatic nitrogens is 1. The summed E-state index contributed by atoms with van der Waals surface area (Å²) in [5, 5.41) is 11.1. The molecule has 2 aromatic rings. The van der Waals surface area contributed by atoms with Crippen molar-refractivity contribution in [1.82, 2.24) is 4.98 Å². The molecule has 1 fully saturated rings. The lowest BCUT2D eigenvalue weighted by Gasteiger charge is -2.38. The van der Waals surface area contributed by atoms with Crippen LogP contribution in [0.15, 0.2) is 28.8 Å². The highest BCUT2D eigenvalue weighted by Gasteiger charge is 2.32. The van der Waals surface area contributed by atoms with Crippen molar-refractivity contribution in [2.75, 3.05) is 11.4 Å². The minimum Gasteiger partial charge on any atom is -0.464 e. The number of nitro groups is 1. The Balaban J connectivity index is 1.97. The molecule has 1 saturated heterocycles. The van der Waals surface area contributed by atoms with Crippen molar-refractivity contribution in [2.24, 2.45) is 5.92 Å². The largest absolute Gasteiger partial charge is 0.464 e. The zero-order valence-electron chi connectivity index (χ0n) is 13.0. The van der Waals surface area contributed by atoms with E-state index in [0.717, 1.165) is 30.9 Å². The summed E-state index contributed by atoms with van der Waals surface area (Å²) in [5.41, 5.74) is -0.102. The number of nitrogens with zero attached hydrogens (tertiary/aromatic N) is 3. The van der Waals surface area contributed by atoms with E-state index in [2.05, 4.69) is 16.8 Å². The lowest BCUT2D eigenvalue weighted by atomic mass is 9.91. The molecule has 0 amide bonds. The molecule has 0 saturated carbocycles. The van der Waals surface area contributed by atoms with Crippen molar-refractivity contribution < 1.29 is 9.34 Å². The van der Waals surface area contributed by atoms with Gasteiger partial charge in [-0.1, -0.05) is 18.5 Å². The summed E-state index contributed by atoms with van der Waals surface area (Å²) in [7, 11) is 0. The van der Waals surface area contributed by atoms with Crippen LogP contribution in [-0.4, -0.2) is 16.5 Å². The second kappa shape index (κ2) is 6.20. The van der Waals surface area contributed by atoms with Gasteiger partial charge in [0, 0.05) is 12.6 Å². The number of pyridine rings is 1. The van der Waals surface area contributed by atoms with Crippen molar-refractivity contribution in [3.05, 3.63) is 51.1 Å². The van der Waals surface area contributed by atoms with E-state index in [1.165, 1.54) is 12.3 Å². The van der Waals surface area contributed by atoms with Gasteiger partial charge in [0.1, 0.15) is 23.5 Å². The van der Waals surface area contributed by atoms with Gasteiger partial charge in [0.15, 0.2) is 0 Å². The molecule has 2 unspecified atom stereocenters. The van der Waals surface area contributed by atoms with Crippen LogP contribution in [-0.2, 0) is 0 Å². The first-order valence-electron chi connectivity index (χ1n) is 7.58. The lowest BCUT2D eigenvalue weighted by Crippen LogP contribution is -2.36. The number of halogens is 1. The number of furan rings is 1. The first kappa shape index (κ1) is 15.8. The molecule has 6 nitrogen and oxygen atoms in total. The average Bonchev–Trinajstić information content (AvgIpc) is 2.94. The second-order valence-electron chi connectivity index (χ2n) is 6.04. The van der Waals surface area contributed by atoms with Crippen LogP contribution in [0.5, 0.6) is 0 Å². The maximum absolute atomic E-state index is 10.9. The highest BCUT2D eigenvalue weighted by molar-refractivity contribution is 6.33. The Bertz CT molecular complexity index is 731. The Kier molecular flexibility index (Phi) is 4.26. The highest BCUT2D eigenvalue weighted by Crippen LogP contribution is 2.40. The van der Waals surface area contributed by atoms with E-state index in [1.54, 1.807) is 0 Å². The molecule has 7 heteroatoms. The number of rotatable bonds is 3. The van der Waals surface area contributed by atoms with E-state index < -0.39 is 4.92 Å². The third kappa shape index (κ3) is 3.17. The molecule has 0 N–H and O–H groups in total. The molecule has 122 valence electrons. The SMILES string of the molecule is Cc1ccc(C2CC(C)CCN2c2ncc([N+](=O)[O-])cc2Cl)o1. The van der Waals surface area contributed by atoms with Gasteiger partial charge in [0.2, 0.25) is 0 Å². The fourth-order valence-corrected chi connectivity index (χ4v) is 3.30.